The van der Waals surface area contributed by atoms with E-state index < -0.39 is 0 Å². The highest BCUT2D eigenvalue weighted by molar-refractivity contribution is 5.85. The van der Waals surface area contributed by atoms with Gasteiger partial charge in [-0.15, -0.1) is 0 Å². The van der Waals surface area contributed by atoms with Crippen LogP contribution in [0.2, 0.25) is 0 Å². The maximum absolute atomic E-state index is 6.11. The van der Waals surface area contributed by atoms with E-state index in [0.717, 1.165) is 48.8 Å². The summed E-state index contributed by atoms with van der Waals surface area (Å²) in [4.78, 5) is 4.57. The first-order valence-electron chi connectivity index (χ1n) is 9.57. The third-order valence-corrected chi connectivity index (χ3v) is 5.69. The molecule has 1 aliphatic heterocycles. The van der Waals surface area contributed by atoms with Crippen molar-refractivity contribution in [3.63, 3.8) is 0 Å². The van der Waals surface area contributed by atoms with E-state index >= 15 is 0 Å². The fourth-order valence-corrected chi connectivity index (χ4v) is 4.33. The Bertz CT molecular complexity index is 751. The van der Waals surface area contributed by atoms with Crippen molar-refractivity contribution in [2.75, 3.05) is 6.61 Å². The van der Waals surface area contributed by atoms with Gasteiger partial charge in [0.15, 0.2) is 0 Å². The van der Waals surface area contributed by atoms with Crippen molar-refractivity contribution in [2.24, 2.45) is 17.6 Å². The van der Waals surface area contributed by atoms with Gasteiger partial charge < -0.3 is 15.2 Å². The number of ether oxygens (including phenoxy) is 2. The highest BCUT2D eigenvalue weighted by Crippen LogP contribution is 2.39. The third-order valence-electron chi connectivity index (χ3n) is 5.69. The molecule has 0 spiro atoms. The monoisotopic (exact) mass is 340 g/mol. The van der Waals surface area contributed by atoms with Gasteiger partial charge in [-0.2, -0.15) is 0 Å². The minimum Gasteiger partial charge on any atom is -0.491 e. The molecular weight excluding hydrogens is 312 g/mol. The van der Waals surface area contributed by atoms with E-state index in [1.807, 2.05) is 12.3 Å². The van der Waals surface area contributed by atoms with Crippen molar-refractivity contribution >= 4 is 10.9 Å². The van der Waals surface area contributed by atoms with Gasteiger partial charge in [-0.05, 0) is 70.1 Å². The molecule has 25 heavy (non-hydrogen) atoms. The summed E-state index contributed by atoms with van der Waals surface area (Å²) >= 11 is 0. The molecule has 2 aromatic rings. The molecule has 1 saturated carbocycles. The van der Waals surface area contributed by atoms with Crippen molar-refractivity contribution in [1.29, 1.82) is 0 Å². The Balaban J connectivity index is 1.63. The minimum atomic E-state index is 0.167. The molecule has 0 bridgehead atoms. The molecule has 1 unspecified atom stereocenters. The summed E-state index contributed by atoms with van der Waals surface area (Å²) in [5, 5.41) is 1.17. The van der Waals surface area contributed by atoms with E-state index in [0.29, 0.717) is 12.0 Å². The number of nitrogens with zero attached hydrogens (tertiary/aromatic N) is 1. The van der Waals surface area contributed by atoms with E-state index in [2.05, 4.69) is 31.0 Å². The molecule has 2 aliphatic rings. The standard InChI is InChI=1S/C21H28N2O2/c1-13(2)25-17-7-8-20-18(10-17)19-9-15(12-24-21(19)11-23-20)14-3-5-16(22)6-4-14/h7-8,10-11,13-16H,3-6,9,12,22H2,1-2H3. The number of aromatic nitrogens is 1. The molecule has 2 N–H and O–H groups in total. The predicted molar refractivity (Wildman–Crippen MR) is 100 cm³/mol. The van der Waals surface area contributed by atoms with Crippen molar-refractivity contribution in [3.8, 4) is 11.5 Å². The molecule has 1 atom stereocenters. The van der Waals surface area contributed by atoms with Crippen LogP contribution in [0.4, 0.5) is 0 Å². The Morgan fingerprint density at radius 3 is 2.72 bits per heavy atom. The summed E-state index contributed by atoms with van der Waals surface area (Å²) in [6, 6.07) is 6.58. The van der Waals surface area contributed by atoms with Crippen LogP contribution in [0.15, 0.2) is 24.4 Å². The van der Waals surface area contributed by atoms with Crippen molar-refractivity contribution < 1.29 is 9.47 Å². The number of nitrogens with two attached hydrogens (primary N) is 1. The zero-order valence-electron chi connectivity index (χ0n) is 15.2. The first kappa shape index (κ1) is 16.6. The normalized spacial score (nSPS) is 26.3. The lowest BCUT2D eigenvalue weighted by molar-refractivity contribution is 0.139. The van der Waals surface area contributed by atoms with Crippen LogP contribution < -0.4 is 15.2 Å². The maximum Gasteiger partial charge on any atom is 0.141 e. The van der Waals surface area contributed by atoms with E-state index in [9.17, 15) is 0 Å². The largest absolute Gasteiger partial charge is 0.491 e. The lowest BCUT2D eigenvalue weighted by Gasteiger charge is -2.35. The number of fused-ring (bicyclic) bond motifs is 3. The third kappa shape index (κ3) is 3.45. The van der Waals surface area contributed by atoms with E-state index in [1.54, 1.807) is 0 Å². The van der Waals surface area contributed by atoms with E-state index in [-0.39, 0.29) is 6.10 Å². The first-order valence-corrected chi connectivity index (χ1v) is 9.57. The number of benzene rings is 1. The average Bonchev–Trinajstić information content (AvgIpc) is 2.61. The molecule has 1 fully saturated rings. The summed E-state index contributed by atoms with van der Waals surface area (Å²) in [5.41, 5.74) is 8.40. The molecule has 1 aliphatic carbocycles. The molecule has 4 heteroatoms. The van der Waals surface area contributed by atoms with Crippen molar-refractivity contribution in [3.05, 3.63) is 30.0 Å². The van der Waals surface area contributed by atoms with Crippen molar-refractivity contribution in [1.82, 2.24) is 4.98 Å². The smallest absolute Gasteiger partial charge is 0.141 e. The minimum absolute atomic E-state index is 0.167. The number of hydrogen-bond donors (Lipinski definition) is 1. The molecule has 0 saturated heterocycles. The molecule has 4 nitrogen and oxygen atoms in total. The van der Waals surface area contributed by atoms with E-state index in [1.165, 1.54) is 23.8 Å². The van der Waals surface area contributed by atoms with Gasteiger partial charge in [0.25, 0.3) is 0 Å². The highest BCUT2D eigenvalue weighted by Gasteiger charge is 2.31. The van der Waals surface area contributed by atoms with Crippen molar-refractivity contribution in [2.45, 2.75) is 58.1 Å². The van der Waals surface area contributed by atoms with Crippen LogP contribution in [0.1, 0.15) is 45.1 Å². The lowest BCUT2D eigenvalue weighted by Crippen LogP contribution is -2.34. The van der Waals surface area contributed by atoms with Gasteiger partial charge in [0, 0.05) is 22.9 Å². The van der Waals surface area contributed by atoms with Gasteiger partial charge in [-0.1, -0.05) is 0 Å². The summed E-state index contributed by atoms with van der Waals surface area (Å²) < 4.78 is 12.0. The second-order valence-electron chi connectivity index (χ2n) is 7.90. The van der Waals surface area contributed by atoms with Crippen LogP contribution in [0, 0.1) is 11.8 Å². The SMILES string of the molecule is CC(C)Oc1ccc2ncc3c(c2c1)CC(C1CCC(N)CC1)CO3. The summed E-state index contributed by atoms with van der Waals surface area (Å²) in [6.07, 6.45) is 7.88. The van der Waals surface area contributed by atoms with Crippen LogP contribution in [0.3, 0.4) is 0 Å². The summed E-state index contributed by atoms with van der Waals surface area (Å²) in [5.74, 6) is 3.16. The quantitative estimate of drug-likeness (QED) is 0.914. The van der Waals surface area contributed by atoms with E-state index in [4.69, 9.17) is 15.2 Å². The van der Waals surface area contributed by atoms with Crippen LogP contribution in [-0.2, 0) is 6.42 Å². The zero-order valence-corrected chi connectivity index (χ0v) is 15.2. The van der Waals surface area contributed by atoms with Crippen LogP contribution in [-0.4, -0.2) is 23.7 Å². The number of pyridine rings is 1. The second kappa shape index (κ2) is 6.83. The summed E-state index contributed by atoms with van der Waals surface area (Å²) in [6.45, 7) is 4.91. The summed E-state index contributed by atoms with van der Waals surface area (Å²) in [7, 11) is 0. The maximum atomic E-state index is 6.11. The fourth-order valence-electron chi connectivity index (χ4n) is 4.33. The van der Waals surface area contributed by atoms with Gasteiger partial charge >= 0.3 is 0 Å². The molecule has 4 rings (SSSR count). The van der Waals surface area contributed by atoms with Gasteiger partial charge in [0.1, 0.15) is 11.5 Å². The Hall–Kier alpha value is -1.81. The zero-order chi connectivity index (χ0) is 17.4. The topological polar surface area (TPSA) is 57.4 Å². The van der Waals surface area contributed by atoms with Gasteiger partial charge in [-0.25, -0.2) is 0 Å². The number of rotatable bonds is 3. The fraction of sp³-hybridized carbons (Fsp3) is 0.571. The number of hydrogen-bond acceptors (Lipinski definition) is 4. The molecular formula is C21H28N2O2. The highest BCUT2D eigenvalue weighted by atomic mass is 16.5. The van der Waals surface area contributed by atoms with Crippen LogP contribution >= 0.6 is 0 Å². The Kier molecular flexibility index (Phi) is 4.55. The predicted octanol–water partition coefficient (Wildman–Crippen LogP) is 4.09. The van der Waals surface area contributed by atoms with Gasteiger partial charge in [0.2, 0.25) is 0 Å². The molecule has 0 amide bonds. The molecule has 134 valence electrons. The Morgan fingerprint density at radius 1 is 1.16 bits per heavy atom. The molecule has 1 aromatic carbocycles. The van der Waals surface area contributed by atoms with Gasteiger partial charge in [0.05, 0.1) is 24.4 Å². The molecule has 1 aromatic heterocycles. The molecule has 2 heterocycles. The first-order chi connectivity index (χ1) is 12.1. The molecule has 0 radical (unpaired) electrons. The Labute approximate surface area is 149 Å². The van der Waals surface area contributed by atoms with Crippen LogP contribution in [0.25, 0.3) is 10.9 Å². The van der Waals surface area contributed by atoms with Gasteiger partial charge in [-0.3, -0.25) is 4.98 Å². The van der Waals surface area contributed by atoms with Crippen LogP contribution in [0.5, 0.6) is 11.5 Å². The Morgan fingerprint density at radius 2 is 1.96 bits per heavy atom. The second-order valence-corrected chi connectivity index (χ2v) is 7.90. The lowest BCUT2D eigenvalue weighted by atomic mass is 9.75. The average molecular weight is 340 g/mol.